The number of hydrogen-bond acceptors (Lipinski definition) is 6. The number of carbonyl (C=O) groups excluding carboxylic acids is 2. The zero-order chi connectivity index (χ0) is 17.8. The molecule has 0 radical (unpaired) electrons. The molecule has 1 atom stereocenters. The van der Waals surface area contributed by atoms with Crippen LogP contribution in [-0.2, 0) is 9.59 Å². The Morgan fingerprint density at radius 2 is 1.96 bits per heavy atom. The molecule has 7 heteroatoms. The summed E-state index contributed by atoms with van der Waals surface area (Å²) in [5.74, 6) is -0.784. The van der Waals surface area contributed by atoms with Crippen LogP contribution in [0.25, 0.3) is 0 Å². The standard InChI is InChI=1S/C18H22N2O4S/c1-24-14-9-7-13(8-10-14)20-17(23)15(11-16(21)22)25-18(20)19-12-5-3-2-4-6-12/h7-10,12,15H,2-6,11H2,1H3,(H,21,22)/p-1/t15-/m0/s1. The third-order valence-corrected chi connectivity index (χ3v) is 5.64. The second kappa shape index (κ2) is 7.91. The third-order valence-electron chi connectivity index (χ3n) is 4.49. The van der Waals surface area contributed by atoms with Gasteiger partial charge in [0.25, 0.3) is 0 Å². The summed E-state index contributed by atoms with van der Waals surface area (Å²) in [6.45, 7) is 0. The van der Waals surface area contributed by atoms with E-state index in [1.807, 2.05) is 0 Å². The predicted molar refractivity (Wildman–Crippen MR) is 95.8 cm³/mol. The van der Waals surface area contributed by atoms with Crippen molar-refractivity contribution in [3.63, 3.8) is 0 Å². The van der Waals surface area contributed by atoms with Crippen LogP contribution < -0.4 is 14.7 Å². The number of methoxy groups -OCH3 is 1. The maximum Gasteiger partial charge on any atom is 0.247 e. The lowest BCUT2D eigenvalue weighted by Crippen LogP contribution is -2.35. The molecule has 25 heavy (non-hydrogen) atoms. The molecular weight excluding hydrogens is 340 g/mol. The maximum atomic E-state index is 12.7. The Balaban J connectivity index is 1.89. The van der Waals surface area contributed by atoms with Crippen LogP contribution >= 0.6 is 11.8 Å². The molecule has 1 saturated heterocycles. The number of aliphatic carboxylic acids is 1. The molecule has 0 spiro atoms. The number of nitrogens with zero attached hydrogens (tertiary/aromatic N) is 2. The molecule has 6 nitrogen and oxygen atoms in total. The maximum absolute atomic E-state index is 12.7. The normalized spacial score (nSPS) is 23.2. The minimum absolute atomic E-state index is 0.200. The number of aliphatic imine (C=N–C) groups is 1. The molecule has 2 aliphatic rings. The molecule has 0 N–H and O–H groups in total. The van der Waals surface area contributed by atoms with Crippen molar-refractivity contribution in [2.75, 3.05) is 12.0 Å². The average Bonchev–Trinajstić information content (AvgIpc) is 2.90. The lowest BCUT2D eigenvalue weighted by Gasteiger charge is -2.21. The average molecular weight is 361 g/mol. The Morgan fingerprint density at radius 3 is 2.56 bits per heavy atom. The fraction of sp³-hybridized carbons (Fsp3) is 0.500. The van der Waals surface area contributed by atoms with Crippen LogP contribution in [0, 0.1) is 0 Å². The molecule has 3 rings (SSSR count). The van der Waals surface area contributed by atoms with Crippen LogP contribution in [0.2, 0.25) is 0 Å². The first kappa shape index (κ1) is 17.8. The summed E-state index contributed by atoms with van der Waals surface area (Å²) >= 11 is 1.23. The number of thioether (sulfide) groups is 1. The highest BCUT2D eigenvalue weighted by Crippen LogP contribution is 2.35. The van der Waals surface area contributed by atoms with E-state index in [1.165, 1.54) is 23.1 Å². The number of benzene rings is 1. The predicted octanol–water partition coefficient (Wildman–Crippen LogP) is 1.97. The molecular formula is C18H21N2O4S-. The number of hydrogen-bond donors (Lipinski definition) is 0. The molecule has 1 saturated carbocycles. The van der Waals surface area contributed by atoms with Gasteiger partial charge in [-0.3, -0.25) is 14.7 Å². The zero-order valence-electron chi connectivity index (χ0n) is 14.1. The monoisotopic (exact) mass is 361 g/mol. The lowest BCUT2D eigenvalue weighted by atomic mass is 9.96. The van der Waals surface area contributed by atoms with Gasteiger partial charge in [0, 0.05) is 12.4 Å². The summed E-state index contributed by atoms with van der Waals surface area (Å²) in [7, 11) is 1.58. The topological polar surface area (TPSA) is 82.0 Å². The molecule has 1 amide bonds. The minimum Gasteiger partial charge on any atom is -0.550 e. The van der Waals surface area contributed by atoms with Gasteiger partial charge in [0.05, 0.1) is 24.1 Å². The van der Waals surface area contributed by atoms with Gasteiger partial charge in [0.2, 0.25) is 5.91 Å². The Hall–Kier alpha value is -2.02. The van der Waals surface area contributed by atoms with E-state index < -0.39 is 11.2 Å². The summed E-state index contributed by atoms with van der Waals surface area (Å²) in [4.78, 5) is 30.0. The molecule has 1 aliphatic heterocycles. The number of carbonyl (C=O) groups is 2. The Labute approximate surface area is 151 Å². The minimum atomic E-state index is -1.22. The summed E-state index contributed by atoms with van der Waals surface area (Å²) in [5, 5.41) is 10.9. The highest BCUT2D eigenvalue weighted by molar-refractivity contribution is 8.16. The van der Waals surface area contributed by atoms with Crippen molar-refractivity contribution in [3.05, 3.63) is 24.3 Å². The number of amidine groups is 1. The van der Waals surface area contributed by atoms with Crippen LogP contribution in [0.1, 0.15) is 38.5 Å². The van der Waals surface area contributed by atoms with Gasteiger partial charge in [0.1, 0.15) is 5.75 Å². The first-order chi connectivity index (χ1) is 12.1. The van der Waals surface area contributed by atoms with Crippen molar-refractivity contribution in [3.8, 4) is 5.75 Å². The zero-order valence-corrected chi connectivity index (χ0v) is 15.0. The number of carboxylic acids is 1. The quantitative estimate of drug-likeness (QED) is 0.801. The number of anilines is 1. The molecule has 1 aromatic rings. The van der Waals surface area contributed by atoms with Crippen molar-refractivity contribution < 1.29 is 19.4 Å². The molecule has 1 heterocycles. The van der Waals surface area contributed by atoms with E-state index >= 15 is 0 Å². The Kier molecular flexibility index (Phi) is 5.63. The highest BCUT2D eigenvalue weighted by Gasteiger charge is 2.39. The molecule has 1 aromatic carbocycles. The number of carboxylic acid groups (broad SMARTS) is 1. The van der Waals surface area contributed by atoms with Gasteiger partial charge in [-0.1, -0.05) is 31.0 Å². The molecule has 2 fully saturated rings. The van der Waals surface area contributed by atoms with Crippen molar-refractivity contribution in [1.82, 2.24) is 0 Å². The number of rotatable bonds is 5. The summed E-state index contributed by atoms with van der Waals surface area (Å²) < 4.78 is 5.16. The second-order valence-electron chi connectivity index (χ2n) is 6.26. The van der Waals surface area contributed by atoms with E-state index in [0.717, 1.165) is 25.7 Å². The lowest BCUT2D eigenvalue weighted by molar-refractivity contribution is -0.305. The summed E-state index contributed by atoms with van der Waals surface area (Å²) in [6.07, 6.45) is 5.23. The Morgan fingerprint density at radius 1 is 1.28 bits per heavy atom. The molecule has 0 aromatic heterocycles. The third kappa shape index (κ3) is 4.15. The summed E-state index contributed by atoms with van der Waals surface area (Å²) in [5.41, 5.74) is 0.675. The first-order valence-electron chi connectivity index (χ1n) is 8.51. The van der Waals surface area contributed by atoms with Gasteiger partial charge in [0.15, 0.2) is 5.17 Å². The molecule has 0 unspecified atom stereocenters. The van der Waals surface area contributed by atoms with Crippen LogP contribution in [-0.4, -0.2) is 35.4 Å². The van der Waals surface area contributed by atoms with E-state index in [9.17, 15) is 14.7 Å². The van der Waals surface area contributed by atoms with E-state index in [-0.39, 0.29) is 18.4 Å². The van der Waals surface area contributed by atoms with Crippen molar-refractivity contribution in [2.45, 2.75) is 49.8 Å². The fourth-order valence-corrected chi connectivity index (χ4v) is 4.36. The molecule has 134 valence electrons. The van der Waals surface area contributed by atoms with Crippen LogP contribution in [0.5, 0.6) is 5.75 Å². The summed E-state index contributed by atoms with van der Waals surface area (Å²) in [6, 6.07) is 7.32. The van der Waals surface area contributed by atoms with Crippen LogP contribution in [0.3, 0.4) is 0 Å². The van der Waals surface area contributed by atoms with Crippen LogP contribution in [0.15, 0.2) is 29.3 Å². The van der Waals surface area contributed by atoms with E-state index in [0.29, 0.717) is 16.6 Å². The molecule has 1 aliphatic carbocycles. The van der Waals surface area contributed by atoms with Gasteiger partial charge in [-0.15, -0.1) is 0 Å². The van der Waals surface area contributed by atoms with Crippen molar-refractivity contribution >= 4 is 34.5 Å². The van der Waals surface area contributed by atoms with Gasteiger partial charge in [-0.25, -0.2) is 0 Å². The fourth-order valence-electron chi connectivity index (χ4n) is 3.17. The van der Waals surface area contributed by atoms with Gasteiger partial charge in [-0.2, -0.15) is 0 Å². The number of amides is 1. The Bertz CT molecular complexity index is 668. The van der Waals surface area contributed by atoms with Gasteiger partial charge < -0.3 is 14.6 Å². The largest absolute Gasteiger partial charge is 0.550 e. The SMILES string of the molecule is COc1ccc(N2C(=O)[C@H](CC(=O)[O-])SC2=NC2CCCCC2)cc1. The molecule has 0 bridgehead atoms. The van der Waals surface area contributed by atoms with Crippen molar-refractivity contribution in [1.29, 1.82) is 0 Å². The van der Waals surface area contributed by atoms with Gasteiger partial charge in [-0.05, 0) is 37.1 Å². The first-order valence-corrected chi connectivity index (χ1v) is 9.39. The number of ether oxygens (including phenoxy) is 1. The highest BCUT2D eigenvalue weighted by atomic mass is 32.2. The van der Waals surface area contributed by atoms with E-state index in [2.05, 4.69) is 0 Å². The van der Waals surface area contributed by atoms with Gasteiger partial charge >= 0.3 is 0 Å². The van der Waals surface area contributed by atoms with Crippen molar-refractivity contribution in [2.24, 2.45) is 4.99 Å². The van der Waals surface area contributed by atoms with E-state index in [4.69, 9.17) is 9.73 Å². The van der Waals surface area contributed by atoms with Crippen LogP contribution in [0.4, 0.5) is 5.69 Å². The smallest absolute Gasteiger partial charge is 0.247 e. The van der Waals surface area contributed by atoms with E-state index in [1.54, 1.807) is 31.4 Å². The second-order valence-corrected chi connectivity index (χ2v) is 7.43.